The van der Waals surface area contributed by atoms with E-state index in [1.54, 1.807) is 7.11 Å². The second-order valence-corrected chi connectivity index (χ2v) is 5.49. The van der Waals surface area contributed by atoms with Gasteiger partial charge in [-0.2, -0.15) is 0 Å². The van der Waals surface area contributed by atoms with Gasteiger partial charge in [-0.25, -0.2) is 0 Å². The van der Waals surface area contributed by atoms with E-state index in [4.69, 9.17) is 10.5 Å². The average molecular weight is 279 g/mol. The minimum Gasteiger partial charge on any atom is -0.496 e. The lowest BCUT2D eigenvalue weighted by molar-refractivity contribution is 0.132. The van der Waals surface area contributed by atoms with Gasteiger partial charge in [-0.15, -0.1) is 0 Å². The Kier molecular flexibility index (Phi) is 7.63. The van der Waals surface area contributed by atoms with Gasteiger partial charge in [-0.3, -0.25) is 0 Å². The van der Waals surface area contributed by atoms with Crippen LogP contribution in [0, 0.1) is 6.92 Å². The topological polar surface area (TPSA) is 55.5 Å². The predicted octanol–water partition coefficient (Wildman–Crippen LogP) is 3.38. The average Bonchev–Trinajstić information content (AvgIpc) is 2.46. The van der Waals surface area contributed by atoms with Crippen LogP contribution in [0.15, 0.2) is 18.2 Å². The Labute approximate surface area is 123 Å². The summed E-state index contributed by atoms with van der Waals surface area (Å²) in [5.41, 5.74) is 8.03. The monoisotopic (exact) mass is 279 g/mol. The van der Waals surface area contributed by atoms with Crippen LogP contribution in [-0.2, 0) is 0 Å². The minimum absolute atomic E-state index is 0.00822. The molecule has 0 aromatic heterocycles. The van der Waals surface area contributed by atoms with E-state index in [0.717, 1.165) is 29.7 Å². The number of hydrogen-bond acceptors (Lipinski definition) is 3. The molecular weight excluding hydrogens is 250 g/mol. The highest BCUT2D eigenvalue weighted by Gasteiger charge is 2.20. The van der Waals surface area contributed by atoms with Crippen LogP contribution in [0.4, 0.5) is 0 Å². The summed E-state index contributed by atoms with van der Waals surface area (Å²) in [7, 11) is 1.67. The lowest BCUT2D eigenvalue weighted by atomic mass is 9.89. The van der Waals surface area contributed by atoms with Crippen molar-refractivity contribution >= 4 is 0 Å². The Hall–Kier alpha value is -1.06. The van der Waals surface area contributed by atoms with Crippen molar-refractivity contribution in [1.29, 1.82) is 0 Å². The fourth-order valence-electron chi connectivity index (χ4n) is 2.56. The van der Waals surface area contributed by atoms with E-state index >= 15 is 0 Å². The van der Waals surface area contributed by atoms with Crippen LogP contribution >= 0.6 is 0 Å². The van der Waals surface area contributed by atoms with Crippen LogP contribution in [0.25, 0.3) is 0 Å². The molecule has 0 aliphatic carbocycles. The number of aliphatic hydroxyl groups excluding tert-OH is 1. The maximum atomic E-state index is 10.4. The van der Waals surface area contributed by atoms with Crippen LogP contribution in [0.3, 0.4) is 0 Å². The van der Waals surface area contributed by atoms with Gasteiger partial charge >= 0.3 is 0 Å². The van der Waals surface area contributed by atoms with Crippen LogP contribution < -0.4 is 10.5 Å². The molecule has 0 fully saturated rings. The van der Waals surface area contributed by atoms with Crippen LogP contribution in [-0.4, -0.2) is 24.9 Å². The zero-order chi connectivity index (χ0) is 15.0. The SMILES string of the molecule is CCCCCCC(O)C(CN)c1ccc(C)c(OC)c1. The molecule has 2 unspecified atom stereocenters. The normalized spacial score (nSPS) is 14.1. The molecule has 1 rings (SSSR count). The first-order chi connectivity index (χ1) is 9.63. The first-order valence-corrected chi connectivity index (χ1v) is 7.66. The standard InChI is InChI=1S/C17H29NO2/c1-4-5-6-7-8-16(19)15(12-18)14-10-9-13(2)17(11-14)20-3/h9-11,15-16,19H,4-8,12,18H2,1-3H3. The molecule has 1 aromatic rings. The van der Waals surface area contributed by atoms with Gasteiger partial charge in [0.15, 0.2) is 0 Å². The fourth-order valence-corrected chi connectivity index (χ4v) is 2.56. The van der Waals surface area contributed by atoms with Gasteiger partial charge in [-0.1, -0.05) is 44.7 Å². The van der Waals surface area contributed by atoms with Crippen molar-refractivity contribution in [3.63, 3.8) is 0 Å². The van der Waals surface area contributed by atoms with Gasteiger partial charge < -0.3 is 15.6 Å². The largest absolute Gasteiger partial charge is 0.496 e. The summed E-state index contributed by atoms with van der Waals surface area (Å²) in [5, 5.41) is 10.4. The molecule has 0 aliphatic rings. The number of rotatable bonds is 9. The quantitative estimate of drug-likeness (QED) is 0.681. The number of benzene rings is 1. The molecule has 3 heteroatoms. The summed E-state index contributed by atoms with van der Waals surface area (Å²) < 4.78 is 5.35. The number of hydrogen-bond donors (Lipinski definition) is 2. The third-order valence-corrected chi connectivity index (χ3v) is 3.93. The second kappa shape index (κ2) is 8.98. The maximum Gasteiger partial charge on any atom is 0.122 e. The third kappa shape index (κ3) is 4.80. The molecule has 0 saturated heterocycles. The first-order valence-electron chi connectivity index (χ1n) is 7.66. The molecular formula is C17H29NO2. The van der Waals surface area contributed by atoms with Crippen LogP contribution in [0.5, 0.6) is 5.75 Å². The van der Waals surface area contributed by atoms with E-state index in [1.165, 1.54) is 19.3 Å². The smallest absolute Gasteiger partial charge is 0.122 e. The summed E-state index contributed by atoms with van der Waals surface area (Å²) >= 11 is 0. The van der Waals surface area contributed by atoms with E-state index < -0.39 is 0 Å². The molecule has 0 heterocycles. The van der Waals surface area contributed by atoms with Crippen LogP contribution in [0.1, 0.15) is 56.1 Å². The highest BCUT2D eigenvalue weighted by Crippen LogP contribution is 2.27. The van der Waals surface area contributed by atoms with Crippen molar-refractivity contribution in [1.82, 2.24) is 0 Å². The zero-order valence-corrected chi connectivity index (χ0v) is 13.1. The Balaban J connectivity index is 2.69. The highest BCUT2D eigenvalue weighted by atomic mass is 16.5. The number of unbranched alkanes of at least 4 members (excludes halogenated alkanes) is 3. The number of aliphatic hydroxyl groups is 1. The van der Waals surface area contributed by atoms with Crippen molar-refractivity contribution in [2.75, 3.05) is 13.7 Å². The van der Waals surface area contributed by atoms with Gasteiger partial charge in [-0.05, 0) is 30.5 Å². The summed E-state index contributed by atoms with van der Waals surface area (Å²) in [6, 6.07) is 6.08. The molecule has 20 heavy (non-hydrogen) atoms. The molecule has 0 radical (unpaired) electrons. The maximum absolute atomic E-state index is 10.4. The van der Waals surface area contributed by atoms with Gasteiger partial charge in [0.05, 0.1) is 13.2 Å². The number of ether oxygens (including phenoxy) is 1. The van der Waals surface area contributed by atoms with E-state index in [0.29, 0.717) is 6.54 Å². The Morgan fingerprint density at radius 1 is 1.25 bits per heavy atom. The van der Waals surface area contributed by atoms with E-state index in [-0.39, 0.29) is 12.0 Å². The minimum atomic E-state index is -0.371. The second-order valence-electron chi connectivity index (χ2n) is 5.49. The Morgan fingerprint density at radius 3 is 2.60 bits per heavy atom. The van der Waals surface area contributed by atoms with Crippen molar-refractivity contribution in [2.24, 2.45) is 5.73 Å². The van der Waals surface area contributed by atoms with Gasteiger partial charge in [0, 0.05) is 12.5 Å². The molecule has 0 spiro atoms. The summed E-state index contributed by atoms with van der Waals surface area (Å²) in [4.78, 5) is 0. The molecule has 0 bridgehead atoms. The molecule has 3 N–H and O–H groups in total. The summed E-state index contributed by atoms with van der Waals surface area (Å²) in [5.74, 6) is 0.852. The molecule has 3 nitrogen and oxygen atoms in total. The van der Waals surface area contributed by atoms with Crippen molar-refractivity contribution < 1.29 is 9.84 Å². The van der Waals surface area contributed by atoms with Crippen molar-refractivity contribution in [2.45, 2.75) is 58.0 Å². The van der Waals surface area contributed by atoms with E-state index in [9.17, 15) is 5.11 Å². The number of aryl methyl sites for hydroxylation is 1. The van der Waals surface area contributed by atoms with Gasteiger partial charge in [0.1, 0.15) is 5.75 Å². The predicted molar refractivity (Wildman–Crippen MR) is 84.3 cm³/mol. The van der Waals surface area contributed by atoms with Crippen molar-refractivity contribution in [3.8, 4) is 5.75 Å². The third-order valence-electron chi connectivity index (χ3n) is 3.93. The van der Waals surface area contributed by atoms with Gasteiger partial charge in [0.2, 0.25) is 0 Å². The fraction of sp³-hybridized carbons (Fsp3) is 0.647. The number of methoxy groups -OCH3 is 1. The Morgan fingerprint density at radius 2 is 2.00 bits per heavy atom. The zero-order valence-electron chi connectivity index (χ0n) is 13.1. The van der Waals surface area contributed by atoms with Crippen LogP contribution in [0.2, 0.25) is 0 Å². The first kappa shape index (κ1) is 17.0. The molecule has 0 amide bonds. The molecule has 1 aromatic carbocycles. The van der Waals surface area contributed by atoms with Gasteiger partial charge in [0.25, 0.3) is 0 Å². The van der Waals surface area contributed by atoms with Crippen molar-refractivity contribution in [3.05, 3.63) is 29.3 Å². The number of nitrogens with two attached hydrogens (primary N) is 1. The Bertz CT molecular complexity index is 393. The highest BCUT2D eigenvalue weighted by molar-refractivity contribution is 5.38. The summed E-state index contributed by atoms with van der Waals surface area (Å²) in [6.07, 6.45) is 5.14. The molecule has 0 aliphatic heterocycles. The van der Waals surface area contributed by atoms with E-state index in [1.807, 2.05) is 25.1 Å². The lowest BCUT2D eigenvalue weighted by Gasteiger charge is -2.23. The molecule has 114 valence electrons. The lowest BCUT2D eigenvalue weighted by Crippen LogP contribution is -2.26. The molecule has 0 saturated carbocycles. The van der Waals surface area contributed by atoms with E-state index in [2.05, 4.69) is 6.92 Å². The summed E-state index contributed by atoms with van der Waals surface area (Å²) in [6.45, 7) is 4.67. The molecule has 2 atom stereocenters.